The first-order valence-electron chi connectivity index (χ1n) is 9.75. The Bertz CT molecular complexity index is 1410. The van der Waals surface area contributed by atoms with E-state index in [4.69, 9.17) is 0 Å². The lowest BCUT2D eigenvalue weighted by Gasteiger charge is -2.28. The molecule has 9 heteroatoms. The molecule has 2 aromatic carbocycles. The molecule has 2 aromatic heterocycles. The van der Waals surface area contributed by atoms with Gasteiger partial charge in [-0.3, -0.25) is 4.79 Å². The molecule has 0 saturated carbocycles. The Morgan fingerprint density at radius 2 is 1.94 bits per heavy atom. The van der Waals surface area contributed by atoms with E-state index in [0.717, 1.165) is 32.1 Å². The van der Waals surface area contributed by atoms with Gasteiger partial charge in [0.25, 0.3) is 5.91 Å². The van der Waals surface area contributed by atoms with Gasteiger partial charge >= 0.3 is 0 Å². The number of fused-ring (bicyclic) bond motifs is 2. The standard InChI is InChI=1S/C22H19N3O3S3/c1-14-23-18-7-6-17(12-19(18)30-14)24-22(26)21-20(9-11-29-21)31(27,28)25-10-8-15-4-2-3-5-16(15)13-25/h2-7,9,11-12H,8,10,13H2,1H3,(H,24,26). The van der Waals surface area contributed by atoms with E-state index in [1.54, 1.807) is 22.8 Å². The summed E-state index contributed by atoms with van der Waals surface area (Å²) in [6.07, 6.45) is 0.662. The Morgan fingerprint density at radius 3 is 2.77 bits per heavy atom. The third-order valence-corrected chi connectivity index (χ3v) is 9.17. The summed E-state index contributed by atoms with van der Waals surface area (Å²) in [5, 5.41) is 5.44. The molecule has 0 bridgehead atoms. The molecule has 1 aliphatic rings. The minimum Gasteiger partial charge on any atom is -0.321 e. The van der Waals surface area contributed by atoms with Crippen LogP contribution in [0.15, 0.2) is 58.8 Å². The van der Waals surface area contributed by atoms with Crippen LogP contribution in [0.1, 0.15) is 25.8 Å². The first-order chi connectivity index (χ1) is 14.9. The SMILES string of the molecule is Cc1nc2ccc(NC(=O)c3sccc3S(=O)(=O)N3CCc4ccccc4C3)cc2s1. The predicted molar refractivity (Wildman–Crippen MR) is 124 cm³/mol. The number of benzene rings is 2. The molecule has 0 fully saturated rings. The molecular formula is C22H19N3O3S3. The fourth-order valence-corrected chi connectivity index (χ4v) is 7.37. The van der Waals surface area contributed by atoms with Crippen molar-refractivity contribution in [2.24, 2.45) is 0 Å². The molecule has 0 spiro atoms. The van der Waals surface area contributed by atoms with Crippen molar-refractivity contribution < 1.29 is 13.2 Å². The van der Waals surface area contributed by atoms with Gasteiger partial charge in [-0.25, -0.2) is 13.4 Å². The molecule has 158 valence electrons. The molecular weight excluding hydrogens is 450 g/mol. The zero-order valence-electron chi connectivity index (χ0n) is 16.7. The van der Waals surface area contributed by atoms with Crippen LogP contribution in [0, 0.1) is 6.92 Å². The number of aryl methyl sites for hydroxylation is 1. The number of thiophene rings is 1. The highest BCUT2D eigenvalue weighted by Gasteiger charge is 2.32. The number of nitrogens with one attached hydrogen (secondary N) is 1. The number of sulfonamides is 1. The largest absolute Gasteiger partial charge is 0.321 e. The fraction of sp³-hybridized carbons (Fsp3) is 0.182. The third kappa shape index (κ3) is 3.78. The van der Waals surface area contributed by atoms with Gasteiger partial charge in [-0.15, -0.1) is 22.7 Å². The zero-order valence-corrected chi connectivity index (χ0v) is 19.1. The van der Waals surface area contributed by atoms with Crippen LogP contribution in [0.2, 0.25) is 0 Å². The molecule has 0 saturated heterocycles. The van der Waals surface area contributed by atoms with Crippen LogP contribution in [-0.2, 0) is 23.0 Å². The maximum atomic E-state index is 13.4. The average molecular weight is 470 g/mol. The molecule has 5 rings (SSSR count). The summed E-state index contributed by atoms with van der Waals surface area (Å²) in [5.74, 6) is -0.424. The van der Waals surface area contributed by atoms with Crippen LogP contribution in [0.3, 0.4) is 0 Å². The molecule has 4 aromatic rings. The number of anilines is 1. The normalized spacial score (nSPS) is 14.5. The molecule has 0 atom stereocenters. The lowest BCUT2D eigenvalue weighted by Crippen LogP contribution is -2.36. The van der Waals surface area contributed by atoms with Gasteiger partial charge in [0.05, 0.1) is 15.2 Å². The Balaban J connectivity index is 1.41. The highest BCUT2D eigenvalue weighted by molar-refractivity contribution is 7.89. The molecule has 31 heavy (non-hydrogen) atoms. The van der Waals surface area contributed by atoms with E-state index in [0.29, 0.717) is 25.2 Å². The summed E-state index contributed by atoms with van der Waals surface area (Å²) in [7, 11) is -3.79. The number of nitrogens with zero attached hydrogens (tertiary/aromatic N) is 2. The second-order valence-electron chi connectivity index (χ2n) is 7.34. The van der Waals surface area contributed by atoms with Crippen LogP contribution in [0.4, 0.5) is 5.69 Å². The van der Waals surface area contributed by atoms with Gasteiger partial charge in [0, 0.05) is 18.8 Å². The number of carbonyl (C=O) groups excluding carboxylic acids is 1. The van der Waals surface area contributed by atoms with E-state index in [2.05, 4.69) is 10.3 Å². The Hall–Kier alpha value is -2.59. The number of aromatic nitrogens is 1. The van der Waals surface area contributed by atoms with Crippen molar-refractivity contribution in [1.29, 1.82) is 0 Å². The van der Waals surface area contributed by atoms with E-state index in [1.165, 1.54) is 15.9 Å². The van der Waals surface area contributed by atoms with Crippen LogP contribution < -0.4 is 5.32 Å². The van der Waals surface area contributed by atoms with Crippen molar-refractivity contribution in [2.75, 3.05) is 11.9 Å². The predicted octanol–water partition coefficient (Wildman–Crippen LogP) is 4.67. The minimum atomic E-state index is -3.79. The summed E-state index contributed by atoms with van der Waals surface area (Å²) in [6, 6.07) is 14.9. The molecule has 1 amide bonds. The number of amides is 1. The number of thiazole rings is 1. The highest BCUT2D eigenvalue weighted by atomic mass is 32.2. The molecule has 0 radical (unpaired) electrons. The second kappa shape index (κ2) is 7.83. The van der Waals surface area contributed by atoms with Gasteiger partial charge in [-0.1, -0.05) is 24.3 Å². The van der Waals surface area contributed by atoms with Crippen molar-refractivity contribution in [2.45, 2.75) is 24.8 Å². The maximum Gasteiger partial charge on any atom is 0.267 e. The van der Waals surface area contributed by atoms with E-state index in [-0.39, 0.29) is 9.77 Å². The number of hydrogen-bond acceptors (Lipinski definition) is 6. The van der Waals surface area contributed by atoms with Crippen LogP contribution in [0.25, 0.3) is 10.2 Å². The van der Waals surface area contributed by atoms with Gasteiger partial charge in [0.2, 0.25) is 10.0 Å². The lowest BCUT2D eigenvalue weighted by molar-refractivity contribution is 0.102. The van der Waals surface area contributed by atoms with Crippen molar-refractivity contribution >= 4 is 54.5 Å². The van der Waals surface area contributed by atoms with E-state index in [1.807, 2.05) is 43.3 Å². The van der Waals surface area contributed by atoms with Crippen molar-refractivity contribution in [3.63, 3.8) is 0 Å². The molecule has 0 aliphatic carbocycles. The third-order valence-electron chi connectivity index (χ3n) is 5.30. The molecule has 0 unspecified atom stereocenters. The van der Waals surface area contributed by atoms with E-state index < -0.39 is 15.9 Å². The smallest absolute Gasteiger partial charge is 0.267 e. The van der Waals surface area contributed by atoms with Crippen LogP contribution >= 0.6 is 22.7 Å². The average Bonchev–Trinajstić information content (AvgIpc) is 3.39. The van der Waals surface area contributed by atoms with Crippen molar-refractivity contribution in [1.82, 2.24) is 9.29 Å². The zero-order chi connectivity index (χ0) is 21.6. The van der Waals surface area contributed by atoms with E-state index >= 15 is 0 Å². The Kier molecular flexibility index (Phi) is 5.13. The fourth-order valence-electron chi connectivity index (χ4n) is 3.79. The second-order valence-corrected chi connectivity index (χ2v) is 11.4. The number of carbonyl (C=O) groups is 1. The first kappa shape index (κ1) is 20.3. The Morgan fingerprint density at radius 1 is 1.13 bits per heavy atom. The first-order valence-corrected chi connectivity index (χ1v) is 12.9. The summed E-state index contributed by atoms with van der Waals surface area (Å²) in [6.45, 7) is 2.65. The summed E-state index contributed by atoms with van der Waals surface area (Å²) < 4.78 is 29.2. The quantitative estimate of drug-likeness (QED) is 0.471. The summed E-state index contributed by atoms with van der Waals surface area (Å²) in [5.41, 5.74) is 3.67. The maximum absolute atomic E-state index is 13.4. The molecule has 3 heterocycles. The van der Waals surface area contributed by atoms with Gasteiger partial charge in [0.15, 0.2) is 0 Å². The summed E-state index contributed by atoms with van der Waals surface area (Å²) in [4.78, 5) is 17.6. The Labute approximate surface area is 188 Å². The van der Waals surface area contributed by atoms with Crippen molar-refractivity contribution in [3.8, 4) is 0 Å². The van der Waals surface area contributed by atoms with Gasteiger partial charge < -0.3 is 5.32 Å². The van der Waals surface area contributed by atoms with Gasteiger partial charge in [-0.05, 0) is 54.1 Å². The number of rotatable bonds is 4. The molecule has 6 nitrogen and oxygen atoms in total. The lowest BCUT2D eigenvalue weighted by atomic mass is 10.0. The van der Waals surface area contributed by atoms with Crippen LogP contribution in [0.5, 0.6) is 0 Å². The van der Waals surface area contributed by atoms with Gasteiger partial charge in [-0.2, -0.15) is 4.31 Å². The monoisotopic (exact) mass is 469 g/mol. The van der Waals surface area contributed by atoms with Crippen molar-refractivity contribution in [3.05, 3.63) is 74.9 Å². The highest BCUT2D eigenvalue weighted by Crippen LogP contribution is 2.31. The molecule has 1 aliphatic heterocycles. The van der Waals surface area contributed by atoms with Gasteiger partial charge in [0.1, 0.15) is 9.77 Å². The summed E-state index contributed by atoms with van der Waals surface area (Å²) >= 11 is 2.68. The minimum absolute atomic E-state index is 0.0593. The topological polar surface area (TPSA) is 79.4 Å². The van der Waals surface area contributed by atoms with Crippen LogP contribution in [-0.4, -0.2) is 30.2 Å². The van der Waals surface area contributed by atoms with E-state index in [9.17, 15) is 13.2 Å². The number of hydrogen-bond donors (Lipinski definition) is 1. The molecule has 1 N–H and O–H groups in total.